The SMILES string of the molecule is N#Cc1ccc(S(=O)(=O)N2CCN(Cn3nc(-c4cccs4)n(C4CC4)c3=S)CC2)cc1. The Bertz CT molecular complexity index is 1310. The van der Waals surface area contributed by atoms with Gasteiger partial charge in [-0.15, -0.1) is 16.4 Å². The van der Waals surface area contributed by atoms with Gasteiger partial charge in [0.25, 0.3) is 0 Å². The molecule has 0 amide bonds. The van der Waals surface area contributed by atoms with Gasteiger partial charge in [0, 0.05) is 32.2 Å². The van der Waals surface area contributed by atoms with Crippen molar-refractivity contribution in [3.63, 3.8) is 0 Å². The maximum absolute atomic E-state index is 13.0. The van der Waals surface area contributed by atoms with Crippen LogP contribution in [0.25, 0.3) is 10.7 Å². The smallest absolute Gasteiger partial charge is 0.243 e. The Hall–Kier alpha value is -2.36. The number of sulfonamides is 1. The second kappa shape index (κ2) is 8.53. The van der Waals surface area contributed by atoms with Gasteiger partial charge in [-0.05, 0) is 60.8 Å². The van der Waals surface area contributed by atoms with Crippen molar-refractivity contribution < 1.29 is 8.42 Å². The van der Waals surface area contributed by atoms with E-state index in [1.807, 2.05) is 22.2 Å². The standard InChI is InChI=1S/C21H22N6O2S3/c22-14-16-3-7-18(8-4-16)32(28,29)25-11-9-24(10-12-25)15-26-21(30)27(17-5-6-17)20(23-26)19-2-1-13-31-19/h1-4,7-8,13,17H,5-6,9-12,15H2. The summed E-state index contributed by atoms with van der Waals surface area (Å²) >= 11 is 7.41. The molecule has 3 aromatic rings. The second-order valence-electron chi connectivity index (χ2n) is 7.98. The van der Waals surface area contributed by atoms with Crippen LogP contribution in [0.5, 0.6) is 0 Å². The maximum atomic E-state index is 13.0. The summed E-state index contributed by atoms with van der Waals surface area (Å²) in [5, 5.41) is 15.8. The molecular weight excluding hydrogens is 464 g/mol. The fourth-order valence-corrected chi connectivity index (χ4v) is 6.36. The van der Waals surface area contributed by atoms with Gasteiger partial charge in [-0.1, -0.05) is 6.07 Å². The zero-order chi connectivity index (χ0) is 22.3. The van der Waals surface area contributed by atoms with Gasteiger partial charge in [-0.3, -0.25) is 9.47 Å². The molecule has 32 heavy (non-hydrogen) atoms. The number of piperazine rings is 1. The zero-order valence-electron chi connectivity index (χ0n) is 17.3. The predicted molar refractivity (Wildman–Crippen MR) is 124 cm³/mol. The molecule has 1 aromatic carbocycles. The molecule has 11 heteroatoms. The Morgan fingerprint density at radius 2 is 1.84 bits per heavy atom. The number of hydrogen-bond acceptors (Lipinski definition) is 7. The highest BCUT2D eigenvalue weighted by molar-refractivity contribution is 7.89. The molecule has 0 N–H and O–H groups in total. The van der Waals surface area contributed by atoms with Crippen molar-refractivity contribution in [2.75, 3.05) is 26.2 Å². The van der Waals surface area contributed by atoms with Gasteiger partial charge >= 0.3 is 0 Å². The largest absolute Gasteiger partial charge is 0.296 e. The molecule has 166 valence electrons. The first-order chi connectivity index (χ1) is 15.5. The maximum Gasteiger partial charge on any atom is 0.243 e. The van der Waals surface area contributed by atoms with Crippen LogP contribution in [0.1, 0.15) is 24.4 Å². The van der Waals surface area contributed by atoms with Gasteiger partial charge in [0.1, 0.15) is 0 Å². The quantitative estimate of drug-likeness (QED) is 0.497. The normalized spacial score (nSPS) is 18.0. The summed E-state index contributed by atoms with van der Waals surface area (Å²) in [4.78, 5) is 3.51. The third-order valence-corrected chi connectivity index (χ3v) is 9.00. The summed E-state index contributed by atoms with van der Waals surface area (Å²) in [5.74, 6) is 0.925. The fourth-order valence-electron chi connectivity index (χ4n) is 3.90. The number of rotatable bonds is 6. The molecule has 1 saturated heterocycles. The first-order valence-electron chi connectivity index (χ1n) is 10.4. The molecule has 2 fully saturated rings. The molecule has 1 saturated carbocycles. The number of nitriles is 1. The van der Waals surface area contributed by atoms with E-state index < -0.39 is 10.0 Å². The van der Waals surface area contributed by atoms with E-state index in [4.69, 9.17) is 22.6 Å². The molecule has 0 spiro atoms. The summed E-state index contributed by atoms with van der Waals surface area (Å²) in [7, 11) is -3.58. The lowest BCUT2D eigenvalue weighted by Crippen LogP contribution is -2.48. The summed E-state index contributed by atoms with van der Waals surface area (Å²) in [6.07, 6.45) is 2.26. The topological polar surface area (TPSA) is 87.2 Å². The Morgan fingerprint density at radius 3 is 2.44 bits per heavy atom. The van der Waals surface area contributed by atoms with Crippen LogP contribution in [0, 0.1) is 16.1 Å². The van der Waals surface area contributed by atoms with Gasteiger partial charge in [0.05, 0.1) is 28.1 Å². The third kappa shape index (κ3) is 4.04. The van der Waals surface area contributed by atoms with Crippen LogP contribution in [-0.4, -0.2) is 58.1 Å². The van der Waals surface area contributed by atoms with Crippen LogP contribution >= 0.6 is 23.6 Å². The minimum atomic E-state index is -3.58. The van der Waals surface area contributed by atoms with Gasteiger partial charge < -0.3 is 0 Å². The molecule has 1 aliphatic heterocycles. The Morgan fingerprint density at radius 1 is 1.12 bits per heavy atom. The van der Waals surface area contributed by atoms with E-state index in [0.29, 0.717) is 44.5 Å². The molecule has 1 aliphatic carbocycles. The fraction of sp³-hybridized carbons (Fsp3) is 0.381. The lowest BCUT2D eigenvalue weighted by molar-refractivity contribution is 0.144. The molecule has 0 atom stereocenters. The van der Waals surface area contributed by atoms with Gasteiger partial charge in [0.2, 0.25) is 10.0 Å². The van der Waals surface area contributed by atoms with Crippen molar-refractivity contribution in [3.8, 4) is 16.8 Å². The number of hydrogen-bond donors (Lipinski definition) is 0. The highest BCUT2D eigenvalue weighted by Crippen LogP contribution is 2.39. The number of thiophene rings is 1. The van der Waals surface area contributed by atoms with Crippen LogP contribution in [0.3, 0.4) is 0 Å². The lowest BCUT2D eigenvalue weighted by Gasteiger charge is -2.33. The van der Waals surface area contributed by atoms with Gasteiger partial charge in [-0.2, -0.15) is 9.57 Å². The molecule has 0 bridgehead atoms. The van der Waals surface area contributed by atoms with E-state index in [1.165, 1.54) is 28.6 Å². The Kier molecular flexibility index (Phi) is 5.73. The second-order valence-corrected chi connectivity index (χ2v) is 11.2. The average molecular weight is 487 g/mol. The lowest BCUT2D eigenvalue weighted by atomic mass is 10.2. The molecule has 3 heterocycles. The van der Waals surface area contributed by atoms with Crippen molar-refractivity contribution in [2.24, 2.45) is 0 Å². The molecule has 0 unspecified atom stereocenters. The Balaban J connectivity index is 1.29. The highest BCUT2D eigenvalue weighted by Gasteiger charge is 2.31. The summed E-state index contributed by atoms with van der Waals surface area (Å²) in [6.45, 7) is 2.54. The van der Waals surface area contributed by atoms with Crippen molar-refractivity contribution in [1.82, 2.24) is 23.6 Å². The third-order valence-electron chi connectivity index (χ3n) is 5.81. The highest BCUT2D eigenvalue weighted by atomic mass is 32.2. The predicted octanol–water partition coefficient (Wildman–Crippen LogP) is 3.31. The average Bonchev–Trinajstić information content (AvgIpc) is 3.39. The number of benzene rings is 1. The van der Waals surface area contributed by atoms with Crippen molar-refractivity contribution in [3.05, 3.63) is 52.1 Å². The van der Waals surface area contributed by atoms with Crippen LogP contribution < -0.4 is 0 Å². The van der Waals surface area contributed by atoms with Crippen LogP contribution in [0.4, 0.5) is 0 Å². The molecular formula is C21H22N6O2S3. The van der Waals surface area contributed by atoms with E-state index in [0.717, 1.165) is 28.3 Å². The van der Waals surface area contributed by atoms with Crippen molar-refractivity contribution in [1.29, 1.82) is 5.26 Å². The van der Waals surface area contributed by atoms with Gasteiger partial charge in [-0.25, -0.2) is 13.1 Å². The van der Waals surface area contributed by atoms with E-state index in [2.05, 4.69) is 15.5 Å². The van der Waals surface area contributed by atoms with E-state index >= 15 is 0 Å². The van der Waals surface area contributed by atoms with Crippen LogP contribution in [-0.2, 0) is 16.7 Å². The monoisotopic (exact) mass is 486 g/mol. The molecule has 2 aliphatic rings. The van der Waals surface area contributed by atoms with Gasteiger partial charge in [0.15, 0.2) is 10.6 Å². The number of aromatic nitrogens is 3. The minimum absolute atomic E-state index is 0.218. The summed E-state index contributed by atoms with van der Waals surface area (Å²) in [5.41, 5.74) is 0.443. The van der Waals surface area contributed by atoms with E-state index in [-0.39, 0.29) is 4.90 Å². The first kappa shape index (κ1) is 21.5. The van der Waals surface area contributed by atoms with E-state index in [9.17, 15) is 8.42 Å². The molecule has 8 nitrogen and oxygen atoms in total. The summed E-state index contributed by atoms with van der Waals surface area (Å²) < 4.78 is 32.2. The Labute approximate surface area is 196 Å². The molecule has 5 rings (SSSR count). The zero-order valence-corrected chi connectivity index (χ0v) is 19.7. The molecule has 2 aromatic heterocycles. The van der Waals surface area contributed by atoms with Crippen molar-refractivity contribution >= 4 is 33.6 Å². The van der Waals surface area contributed by atoms with Crippen LogP contribution in [0.15, 0.2) is 46.7 Å². The van der Waals surface area contributed by atoms with Crippen LogP contribution in [0.2, 0.25) is 0 Å². The number of nitrogens with zero attached hydrogens (tertiary/aromatic N) is 6. The van der Waals surface area contributed by atoms with E-state index in [1.54, 1.807) is 11.3 Å². The summed E-state index contributed by atoms with van der Waals surface area (Å²) in [6, 6.07) is 12.6. The first-order valence-corrected chi connectivity index (χ1v) is 13.2. The minimum Gasteiger partial charge on any atom is -0.296 e. The molecule has 0 radical (unpaired) electrons. The van der Waals surface area contributed by atoms with Crippen molar-refractivity contribution in [2.45, 2.75) is 30.4 Å².